The molecule has 1 rings (SSSR count). The molecule has 1 saturated heterocycles. The average molecular weight is 311 g/mol. The van der Waals surface area contributed by atoms with E-state index in [1.807, 2.05) is 30.1 Å². The van der Waals surface area contributed by atoms with Crippen molar-refractivity contribution < 1.29 is 9.09 Å². The topological polar surface area (TPSA) is 32.8 Å². The van der Waals surface area contributed by atoms with Crippen LogP contribution in [0.5, 0.6) is 0 Å². The molecule has 1 unspecified atom stereocenters. The van der Waals surface area contributed by atoms with E-state index < -0.39 is 13.3 Å². The Morgan fingerprint density at radius 3 is 2.26 bits per heavy atom. The maximum absolute atomic E-state index is 13.5. The van der Waals surface area contributed by atoms with Gasteiger partial charge >= 0.3 is 7.67 Å². The van der Waals surface area contributed by atoms with Crippen LogP contribution in [0.1, 0.15) is 47.0 Å². The number of hydrogen-bond donors (Lipinski definition) is 0. The van der Waals surface area contributed by atoms with Crippen molar-refractivity contribution in [2.24, 2.45) is 0 Å². The van der Waals surface area contributed by atoms with Crippen LogP contribution in [0.15, 0.2) is 0 Å². The molecule has 114 valence electrons. The lowest BCUT2D eigenvalue weighted by atomic mass is 10.2. The Morgan fingerprint density at radius 1 is 1.26 bits per heavy atom. The summed E-state index contributed by atoms with van der Waals surface area (Å²) in [4.78, 5) is 0. The summed E-state index contributed by atoms with van der Waals surface area (Å²) in [5.74, 6) is 0.478. The molecule has 1 fully saturated rings. The predicted octanol–water partition coefficient (Wildman–Crippen LogP) is 3.96. The molecule has 1 aliphatic heterocycles. The standard InChI is InChI=1S/C13H28ClN2O2P/c1-5-9-15(12-8-14)19(17,18-13(2,3)4)16-10-6-7-11-16/h5-12H2,1-4H3. The van der Waals surface area contributed by atoms with E-state index in [4.69, 9.17) is 16.1 Å². The third-order valence-electron chi connectivity index (χ3n) is 3.01. The van der Waals surface area contributed by atoms with Crippen molar-refractivity contribution in [2.45, 2.75) is 52.6 Å². The van der Waals surface area contributed by atoms with Crippen molar-refractivity contribution in [1.82, 2.24) is 9.34 Å². The number of halogens is 1. The van der Waals surface area contributed by atoms with Gasteiger partial charge in [0.25, 0.3) is 0 Å². The first kappa shape index (κ1) is 17.5. The van der Waals surface area contributed by atoms with E-state index in [0.29, 0.717) is 12.4 Å². The van der Waals surface area contributed by atoms with Crippen molar-refractivity contribution in [1.29, 1.82) is 0 Å². The first-order valence-electron chi connectivity index (χ1n) is 7.21. The lowest BCUT2D eigenvalue weighted by Crippen LogP contribution is -2.36. The minimum Gasteiger partial charge on any atom is -0.300 e. The Morgan fingerprint density at radius 2 is 1.84 bits per heavy atom. The van der Waals surface area contributed by atoms with E-state index in [1.165, 1.54) is 0 Å². The van der Waals surface area contributed by atoms with Gasteiger partial charge in [-0.25, -0.2) is 9.34 Å². The molecular formula is C13H28ClN2O2P. The van der Waals surface area contributed by atoms with E-state index >= 15 is 0 Å². The van der Waals surface area contributed by atoms with Crippen LogP contribution < -0.4 is 0 Å². The average Bonchev–Trinajstić information content (AvgIpc) is 2.80. The molecule has 0 amide bonds. The van der Waals surface area contributed by atoms with Crippen LogP contribution in [-0.4, -0.2) is 47.0 Å². The zero-order valence-electron chi connectivity index (χ0n) is 12.7. The van der Waals surface area contributed by atoms with Gasteiger partial charge in [-0.1, -0.05) is 6.92 Å². The molecule has 0 radical (unpaired) electrons. The van der Waals surface area contributed by atoms with Gasteiger partial charge in [0, 0.05) is 32.1 Å². The van der Waals surface area contributed by atoms with Gasteiger partial charge in [-0.2, -0.15) is 0 Å². The van der Waals surface area contributed by atoms with E-state index in [-0.39, 0.29) is 0 Å². The van der Waals surface area contributed by atoms with Gasteiger partial charge in [-0.3, -0.25) is 4.57 Å². The molecule has 0 aromatic rings. The summed E-state index contributed by atoms with van der Waals surface area (Å²) in [6.07, 6.45) is 3.14. The summed E-state index contributed by atoms with van der Waals surface area (Å²) in [6.45, 7) is 11.1. The summed E-state index contributed by atoms with van der Waals surface area (Å²) in [5, 5.41) is 0. The monoisotopic (exact) mass is 310 g/mol. The predicted molar refractivity (Wildman–Crippen MR) is 81.8 cm³/mol. The summed E-state index contributed by atoms with van der Waals surface area (Å²) in [6, 6.07) is 0. The highest BCUT2D eigenvalue weighted by molar-refractivity contribution is 7.54. The molecule has 0 spiro atoms. The highest BCUT2D eigenvalue weighted by Crippen LogP contribution is 2.58. The molecule has 0 saturated carbocycles. The Bertz CT molecular complexity index is 308. The van der Waals surface area contributed by atoms with Gasteiger partial charge in [-0.15, -0.1) is 11.6 Å². The van der Waals surface area contributed by atoms with Crippen molar-refractivity contribution in [3.63, 3.8) is 0 Å². The molecule has 6 heteroatoms. The fraction of sp³-hybridized carbons (Fsp3) is 1.00. The van der Waals surface area contributed by atoms with Crippen molar-refractivity contribution in [2.75, 3.05) is 32.1 Å². The maximum atomic E-state index is 13.5. The van der Waals surface area contributed by atoms with Gasteiger partial charge in [0.05, 0.1) is 5.60 Å². The van der Waals surface area contributed by atoms with Gasteiger partial charge < -0.3 is 4.52 Å². The van der Waals surface area contributed by atoms with Crippen LogP contribution in [0.3, 0.4) is 0 Å². The second kappa shape index (κ2) is 7.42. The molecule has 0 aliphatic carbocycles. The Balaban J connectivity index is 2.97. The van der Waals surface area contributed by atoms with Crippen LogP contribution in [0.25, 0.3) is 0 Å². The third-order valence-corrected chi connectivity index (χ3v) is 6.20. The molecule has 0 aromatic carbocycles. The summed E-state index contributed by atoms with van der Waals surface area (Å²) < 4.78 is 23.5. The summed E-state index contributed by atoms with van der Waals surface area (Å²) >= 11 is 5.88. The van der Waals surface area contributed by atoms with Gasteiger partial charge in [-0.05, 0) is 40.0 Å². The molecule has 0 bridgehead atoms. The van der Waals surface area contributed by atoms with Gasteiger partial charge in [0.1, 0.15) is 0 Å². The molecule has 1 atom stereocenters. The number of hydrogen-bond acceptors (Lipinski definition) is 2. The molecule has 1 heterocycles. The maximum Gasteiger partial charge on any atom is 0.346 e. The van der Waals surface area contributed by atoms with Crippen molar-refractivity contribution in [3.8, 4) is 0 Å². The fourth-order valence-electron chi connectivity index (χ4n) is 2.32. The van der Waals surface area contributed by atoms with Crippen LogP contribution in [0.4, 0.5) is 0 Å². The number of alkyl halides is 1. The highest BCUT2D eigenvalue weighted by atomic mass is 35.5. The van der Waals surface area contributed by atoms with Gasteiger partial charge in [0.2, 0.25) is 0 Å². The summed E-state index contributed by atoms with van der Waals surface area (Å²) in [5.41, 5.74) is -0.420. The van der Waals surface area contributed by atoms with Crippen molar-refractivity contribution >= 4 is 19.3 Å². The van der Waals surface area contributed by atoms with Crippen molar-refractivity contribution in [3.05, 3.63) is 0 Å². The normalized spacial score (nSPS) is 20.9. The van der Waals surface area contributed by atoms with E-state index in [1.54, 1.807) is 0 Å². The lowest BCUT2D eigenvalue weighted by Gasteiger charge is -2.39. The van der Waals surface area contributed by atoms with E-state index in [2.05, 4.69) is 6.92 Å². The first-order chi connectivity index (χ1) is 8.83. The molecule has 0 aromatic heterocycles. The molecule has 4 nitrogen and oxygen atoms in total. The molecule has 19 heavy (non-hydrogen) atoms. The summed E-state index contributed by atoms with van der Waals surface area (Å²) in [7, 11) is -2.95. The highest BCUT2D eigenvalue weighted by Gasteiger charge is 2.42. The van der Waals surface area contributed by atoms with Crippen LogP contribution in [-0.2, 0) is 9.09 Å². The Labute approximate surface area is 123 Å². The number of nitrogens with zero attached hydrogens (tertiary/aromatic N) is 2. The zero-order valence-corrected chi connectivity index (χ0v) is 14.3. The Kier molecular flexibility index (Phi) is 6.82. The first-order valence-corrected chi connectivity index (χ1v) is 9.27. The van der Waals surface area contributed by atoms with Crippen LogP contribution in [0, 0.1) is 0 Å². The largest absolute Gasteiger partial charge is 0.346 e. The quantitative estimate of drug-likeness (QED) is 0.526. The van der Waals surface area contributed by atoms with Gasteiger partial charge in [0.15, 0.2) is 0 Å². The third kappa shape index (κ3) is 5.02. The molecule has 0 N–H and O–H groups in total. The lowest BCUT2D eigenvalue weighted by molar-refractivity contribution is 0.0961. The smallest absolute Gasteiger partial charge is 0.300 e. The minimum atomic E-state index is -2.95. The second-order valence-electron chi connectivity index (χ2n) is 6.00. The fourth-order valence-corrected chi connectivity index (χ4v) is 5.54. The molecular weight excluding hydrogens is 283 g/mol. The van der Waals surface area contributed by atoms with Crippen LogP contribution >= 0.6 is 19.3 Å². The second-order valence-corrected chi connectivity index (χ2v) is 8.67. The zero-order chi connectivity index (χ0) is 14.5. The minimum absolute atomic E-state index is 0.420. The van der Waals surface area contributed by atoms with E-state index in [9.17, 15) is 4.57 Å². The molecule has 1 aliphatic rings. The van der Waals surface area contributed by atoms with E-state index in [0.717, 1.165) is 38.9 Å². The van der Waals surface area contributed by atoms with Crippen LogP contribution in [0.2, 0.25) is 0 Å². The Hall–Kier alpha value is 0.400. The number of rotatable bonds is 7. The SMILES string of the molecule is CCCN(CCCl)P(=O)(OC(C)(C)C)N1CCCC1.